The molecule has 0 bridgehead atoms. The minimum absolute atomic E-state index is 0.0613. The molecule has 1 aromatic heterocycles. The van der Waals surface area contributed by atoms with E-state index < -0.39 is 5.91 Å². The number of rotatable bonds is 3. The summed E-state index contributed by atoms with van der Waals surface area (Å²) in [4.78, 5) is 15.7. The van der Waals surface area contributed by atoms with E-state index in [1.807, 2.05) is 6.07 Å². The zero-order chi connectivity index (χ0) is 14.5. The lowest BCUT2D eigenvalue weighted by molar-refractivity contribution is 0.0945. The van der Waals surface area contributed by atoms with E-state index in [9.17, 15) is 9.18 Å². The van der Waals surface area contributed by atoms with Gasteiger partial charge in [0.2, 0.25) is 0 Å². The summed E-state index contributed by atoms with van der Waals surface area (Å²) in [7, 11) is 0. The number of halogens is 2. The van der Waals surface area contributed by atoms with E-state index in [-0.39, 0.29) is 18.1 Å². The molecule has 0 atom stereocenters. The molecule has 1 amide bonds. The normalized spacial score (nSPS) is 9.85. The van der Waals surface area contributed by atoms with Crippen LogP contribution in [0.5, 0.6) is 0 Å². The second-order valence-corrected chi connectivity index (χ2v) is 4.88. The van der Waals surface area contributed by atoms with Crippen molar-refractivity contribution in [3.63, 3.8) is 0 Å². The Bertz CT molecular complexity index is 680. The van der Waals surface area contributed by atoms with E-state index in [1.165, 1.54) is 24.4 Å². The van der Waals surface area contributed by atoms with Gasteiger partial charge in [-0.05, 0) is 30.3 Å². The summed E-state index contributed by atoms with van der Waals surface area (Å²) in [6.45, 7) is 0.0613. The number of pyridine rings is 1. The average molecular weight is 334 g/mol. The minimum atomic E-state index is -0.422. The van der Waals surface area contributed by atoms with Gasteiger partial charge in [0.05, 0.1) is 5.56 Å². The van der Waals surface area contributed by atoms with Crippen molar-refractivity contribution in [1.29, 1.82) is 5.26 Å². The first-order valence-corrected chi connectivity index (χ1v) is 6.47. The molecule has 0 saturated heterocycles. The third-order valence-electron chi connectivity index (χ3n) is 2.57. The van der Waals surface area contributed by atoms with Crippen molar-refractivity contribution in [3.8, 4) is 6.07 Å². The first-order chi connectivity index (χ1) is 9.60. The van der Waals surface area contributed by atoms with Crippen molar-refractivity contribution in [2.75, 3.05) is 0 Å². The highest BCUT2D eigenvalue weighted by molar-refractivity contribution is 9.10. The molecular weight excluding hydrogens is 325 g/mol. The van der Waals surface area contributed by atoms with Crippen LogP contribution in [0.25, 0.3) is 0 Å². The summed E-state index contributed by atoms with van der Waals surface area (Å²) in [6.07, 6.45) is 1.31. The molecule has 100 valence electrons. The molecule has 6 heteroatoms. The summed E-state index contributed by atoms with van der Waals surface area (Å²) in [5, 5.41) is 11.2. The SMILES string of the molecule is N#Cc1ccc(C(=O)NCc2cc(Br)ccc2F)nc1. The number of carbonyl (C=O) groups excluding carboxylic acids is 1. The van der Waals surface area contributed by atoms with Gasteiger partial charge < -0.3 is 5.32 Å². The zero-order valence-electron chi connectivity index (χ0n) is 10.2. The highest BCUT2D eigenvalue weighted by Gasteiger charge is 2.09. The predicted molar refractivity (Wildman–Crippen MR) is 74.2 cm³/mol. The maximum absolute atomic E-state index is 13.5. The molecule has 4 nitrogen and oxygen atoms in total. The molecule has 2 aromatic rings. The van der Waals surface area contributed by atoms with Gasteiger partial charge in [-0.25, -0.2) is 9.37 Å². The van der Waals surface area contributed by atoms with Crippen molar-refractivity contribution in [2.45, 2.75) is 6.54 Å². The maximum atomic E-state index is 13.5. The predicted octanol–water partition coefficient (Wildman–Crippen LogP) is 2.78. The average Bonchev–Trinajstić information content (AvgIpc) is 2.48. The molecule has 0 spiro atoms. The summed E-state index contributed by atoms with van der Waals surface area (Å²) >= 11 is 3.24. The molecule has 0 aliphatic heterocycles. The molecule has 1 N–H and O–H groups in total. The lowest BCUT2D eigenvalue weighted by Crippen LogP contribution is -2.24. The number of benzene rings is 1. The number of hydrogen-bond donors (Lipinski definition) is 1. The molecule has 0 unspecified atom stereocenters. The van der Waals surface area contributed by atoms with Crippen LogP contribution in [0, 0.1) is 17.1 Å². The van der Waals surface area contributed by atoms with Crippen LogP contribution in [0.15, 0.2) is 41.0 Å². The van der Waals surface area contributed by atoms with Crippen LogP contribution in [0.4, 0.5) is 4.39 Å². The second kappa shape index (κ2) is 6.26. The van der Waals surface area contributed by atoms with Gasteiger partial charge in [-0.3, -0.25) is 4.79 Å². The fourth-order valence-corrected chi connectivity index (χ4v) is 1.95. The first-order valence-electron chi connectivity index (χ1n) is 5.68. The zero-order valence-corrected chi connectivity index (χ0v) is 11.8. The molecule has 0 fully saturated rings. The number of carbonyl (C=O) groups is 1. The molecule has 0 saturated carbocycles. The maximum Gasteiger partial charge on any atom is 0.270 e. The van der Waals surface area contributed by atoms with Gasteiger partial charge in [-0.15, -0.1) is 0 Å². The molecule has 0 radical (unpaired) electrons. The molecule has 0 aliphatic rings. The third kappa shape index (κ3) is 3.39. The molecule has 1 aromatic carbocycles. The van der Waals surface area contributed by atoms with Crippen LogP contribution in [-0.2, 0) is 6.54 Å². The van der Waals surface area contributed by atoms with E-state index in [1.54, 1.807) is 12.1 Å². The first kappa shape index (κ1) is 14.2. The lowest BCUT2D eigenvalue weighted by atomic mass is 10.2. The van der Waals surface area contributed by atoms with Gasteiger partial charge in [0.15, 0.2) is 0 Å². The topological polar surface area (TPSA) is 65.8 Å². The van der Waals surface area contributed by atoms with Crippen LogP contribution in [0.2, 0.25) is 0 Å². The highest BCUT2D eigenvalue weighted by atomic mass is 79.9. The Labute approximate surface area is 123 Å². The van der Waals surface area contributed by atoms with E-state index >= 15 is 0 Å². The highest BCUT2D eigenvalue weighted by Crippen LogP contribution is 2.15. The van der Waals surface area contributed by atoms with Crippen LogP contribution in [-0.4, -0.2) is 10.9 Å². The Morgan fingerprint density at radius 1 is 1.40 bits per heavy atom. The van der Waals surface area contributed by atoms with Crippen LogP contribution >= 0.6 is 15.9 Å². The number of nitrogens with zero attached hydrogens (tertiary/aromatic N) is 2. The minimum Gasteiger partial charge on any atom is -0.347 e. The standard InChI is InChI=1S/C14H9BrFN3O/c15-11-2-3-12(16)10(5-11)8-19-14(20)13-4-1-9(6-17)7-18-13/h1-5,7H,8H2,(H,19,20). The van der Waals surface area contributed by atoms with E-state index in [2.05, 4.69) is 26.2 Å². The molecule has 20 heavy (non-hydrogen) atoms. The van der Waals surface area contributed by atoms with Gasteiger partial charge in [-0.1, -0.05) is 15.9 Å². The lowest BCUT2D eigenvalue weighted by Gasteiger charge is -2.06. The van der Waals surface area contributed by atoms with E-state index in [0.717, 1.165) is 4.47 Å². The van der Waals surface area contributed by atoms with Crippen molar-refractivity contribution in [3.05, 3.63) is 63.6 Å². The number of amides is 1. The largest absolute Gasteiger partial charge is 0.347 e. The van der Waals surface area contributed by atoms with Gasteiger partial charge in [0.1, 0.15) is 17.6 Å². The summed E-state index contributed by atoms with van der Waals surface area (Å²) in [5.74, 6) is -0.810. The van der Waals surface area contributed by atoms with E-state index in [0.29, 0.717) is 11.1 Å². The fourth-order valence-electron chi connectivity index (χ4n) is 1.54. The number of aromatic nitrogens is 1. The smallest absolute Gasteiger partial charge is 0.270 e. The Morgan fingerprint density at radius 3 is 2.85 bits per heavy atom. The second-order valence-electron chi connectivity index (χ2n) is 3.96. The summed E-state index contributed by atoms with van der Waals surface area (Å²) in [5.41, 5.74) is 0.931. The van der Waals surface area contributed by atoms with E-state index in [4.69, 9.17) is 5.26 Å². The van der Waals surface area contributed by atoms with Crippen LogP contribution in [0.3, 0.4) is 0 Å². The summed E-state index contributed by atoms with van der Waals surface area (Å²) in [6, 6.07) is 9.38. The summed E-state index contributed by atoms with van der Waals surface area (Å²) < 4.78 is 14.2. The monoisotopic (exact) mass is 333 g/mol. The Hall–Kier alpha value is -2.26. The van der Waals surface area contributed by atoms with Crippen molar-refractivity contribution >= 4 is 21.8 Å². The Balaban J connectivity index is 2.04. The van der Waals surface area contributed by atoms with Gasteiger partial charge >= 0.3 is 0 Å². The Morgan fingerprint density at radius 2 is 2.20 bits per heavy atom. The van der Waals surface area contributed by atoms with Gasteiger partial charge in [0, 0.05) is 22.8 Å². The van der Waals surface area contributed by atoms with Gasteiger partial charge in [-0.2, -0.15) is 5.26 Å². The fraction of sp³-hybridized carbons (Fsp3) is 0.0714. The van der Waals surface area contributed by atoms with Crippen molar-refractivity contribution in [2.24, 2.45) is 0 Å². The van der Waals surface area contributed by atoms with Gasteiger partial charge in [0.25, 0.3) is 5.91 Å². The number of nitrogens with one attached hydrogen (secondary N) is 1. The van der Waals surface area contributed by atoms with Crippen LogP contribution in [0.1, 0.15) is 21.6 Å². The molecule has 0 aliphatic carbocycles. The van der Waals surface area contributed by atoms with Crippen molar-refractivity contribution in [1.82, 2.24) is 10.3 Å². The van der Waals surface area contributed by atoms with Crippen molar-refractivity contribution < 1.29 is 9.18 Å². The molecule has 1 heterocycles. The quantitative estimate of drug-likeness (QED) is 0.939. The number of hydrogen-bond acceptors (Lipinski definition) is 3. The van der Waals surface area contributed by atoms with Crippen LogP contribution < -0.4 is 5.32 Å². The molecular formula is C14H9BrFN3O. The number of nitriles is 1. The third-order valence-corrected chi connectivity index (χ3v) is 3.07. The molecule has 2 rings (SSSR count). The Kier molecular flexibility index (Phi) is 4.43.